The molecule has 3 aromatic rings. The lowest BCUT2D eigenvalue weighted by atomic mass is 10.2. The van der Waals surface area contributed by atoms with E-state index in [0.29, 0.717) is 16.0 Å². The van der Waals surface area contributed by atoms with Gasteiger partial charge in [0.1, 0.15) is 9.71 Å². The van der Waals surface area contributed by atoms with Gasteiger partial charge in [-0.25, -0.2) is 4.79 Å². The zero-order valence-electron chi connectivity index (χ0n) is 12.5. The van der Waals surface area contributed by atoms with E-state index in [0.717, 1.165) is 20.9 Å². The Hall–Kier alpha value is -2.30. The quantitative estimate of drug-likeness (QED) is 0.605. The highest BCUT2D eigenvalue weighted by Gasteiger charge is 2.20. The fraction of sp³-hybridized carbons (Fsp3) is 0.143. The molecule has 0 saturated heterocycles. The number of carboxylic acids is 1. The minimum absolute atomic E-state index is 0.00834. The standard InChI is InChI=1S/C14H11N3O4S3/c1-5-3-7(4-23-5)10(18)16-17-12(19)8-6(2)9(13(20)21)24-11(8)15-14(17)22/h3-4H,1-2H3,(H,15,22)(H,16,18)(H,20,21). The van der Waals surface area contributed by atoms with Crippen molar-refractivity contribution in [2.24, 2.45) is 0 Å². The van der Waals surface area contributed by atoms with Crippen LogP contribution < -0.4 is 11.0 Å². The summed E-state index contributed by atoms with van der Waals surface area (Å²) < 4.78 is 0.921. The van der Waals surface area contributed by atoms with Crippen molar-refractivity contribution in [2.45, 2.75) is 13.8 Å². The number of carboxylic acid groups (broad SMARTS) is 1. The van der Waals surface area contributed by atoms with Crippen LogP contribution in [0.4, 0.5) is 0 Å². The molecule has 10 heteroatoms. The third kappa shape index (κ3) is 2.68. The number of thiophene rings is 2. The number of aromatic amines is 1. The van der Waals surface area contributed by atoms with Gasteiger partial charge in [-0.1, -0.05) is 0 Å². The summed E-state index contributed by atoms with van der Waals surface area (Å²) >= 11 is 7.47. The van der Waals surface area contributed by atoms with Crippen molar-refractivity contribution in [2.75, 3.05) is 5.43 Å². The van der Waals surface area contributed by atoms with Crippen molar-refractivity contribution in [3.8, 4) is 0 Å². The summed E-state index contributed by atoms with van der Waals surface area (Å²) in [7, 11) is 0. The Morgan fingerprint density at radius 1 is 1.38 bits per heavy atom. The monoisotopic (exact) mass is 381 g/mol. The lowest BCUT2D eigenvalue weighted by Gasteiger charge is -2.07. The Kier molecular flexibility index (Phi) is 4.11. The number of fused-ring (bicyclic) bond motifs is 1. The predicted molar refractivity (Wildman–Crippen MR) is 95.7 cm³/mol. The highest BCUT2D eigenvalue weighted by Crippen LogP contribution is 2.26. The van der Waals surface area contributed by atoms with E-state index in [9.17, 15) is 19.5 Å². The van der Waals surface area contributed by atoms with Crippen LogP contribution in [0.2, 0.25) is 0 Å². The van der Waals surface area contributed by atoms with E-state index in [-0.39, 0.29) is 15.0 Å². The summed E-state index contributed by atoms with van der Waals surface area (Å²) in [6.45, 7) is 3.42. The lowest BCUT2D eigenvalue weighted by Crippen LogP contribution is -2.34. The number of nitrogens with one attached hydrogen (secondary N) is 2. The molecule has 0 saturated carbocycles. The number of H-pyrrole nitrogens is 1. The zero-order valence-corrected chi connectivity index (χ0v) is 14.9. The number of aromatic nitrogens is 2. The lowest BCUT2D eigenvalue weighted by molar-refractivity contribution is 0.0701. The first kappa shape index (κ1) is 16.6. The highest BCUT2D eigenvalue weighted by atomic mass is 32.1. The molecule has 3 aromatic heterocycles. The van der Waals surface area contributed by atoms with Crippen LogP contribution in [0.1, 0.15) is 30.5 Å². The molecule has 0 atom stereocenters. The Bertz CT molecular complexity index is 1100. The molecule has 0 unspecified atom stereocenters. The van der Waals surface area contributed by atoms with Crippen LogP contribution in [0.15, 0.2) is 16.2 Å². The number of aryl methyl sites for hydroxylation is 2. The normalized spacial score (nSPS) is 10.9. The summed E-state index contributed by atoms with van der Waals surface area (Å²) in [5, 5.41) is 11.1. The van der Waals surface area contributed by atoms with Crippen molar-refractivity contribution in [1.82, 2.24) is 9.66 Å². The van der Waals surface area contributed by atoms with Gasteiger partial charge >= 0.3 is 5.97 Å². The average molecular weight is 381 g/mol. The molecule has 0 aromatic carbocycles. The molecule has 0 aliphatic carbocycles. The maximum atomic E-state index is 12.7. The molecule has 7 nitrogen and oxygen atoms in total. The van der Waals surface area contributed by atoms with Gasteiger partial charge in [0.2, 0.25) is 4.77 Å². The van der Waals surface area contributed by atoms with Gasteiger partial charge in [-0.3, -0.25) is 15.0 Å². The molecule has 0 bridgehead atoms. The smallest absolute Gasteiger partial charge is 0.346 e. The minimum Gasteiger partial charge on any atom is -0.477 e. The Morgan fingerprint density at radius 2 is 2.08 bits per heavy atom. The van der Waals surface area contributed by atoms with Crippen LogP contribution in [0.5, 0.6) is 0 Å². The van der Waals surface area contributed by atoms with Crippen molar-refractivity contribution in [3.63, 3.8) is 0 Å². The molecule has 0 aliphatic rings. The molecule has 0 spiro atoms. The Morgan fingerprint density at radius 3 is 2.67 bits per heavy atom. The molecule has 1 amide bonds. The number of carbonyl (C=O) groups excluding carboxylic acids is 1. The molecule has 3 heterocycles. The fourth-order valence-electron chi connectivity index (χ4n) is 2.25. The van der Waals surface area contributed by atoms with Gasteiger partial charge in [-0.2, -0.15) is 4.68 Å². The van der Waals surface area contributed by atoms with Crippen LogP contribution in [0.3, 0.4) is 0 Å². The number of nitrogens with zero attached hydrogens (tertiary/aromatic N) is 1. The maximum Gasteiger partial charge on any atom is 0.346 e. The number of amides is 1. The second kappa shape index (κ2) is 5.96. The second-order valence-electron chi connectivity index (χ2n) is 5.02. The largest absolute Gasteiger partial charge is 0.477 e. The summed E-state index contributed by atoms with van der Waals surface area (Å²) in [6.07, 6.45) is 0. The number of rotatable bonds is 3. The van der Waals surface area contributed by atoms with E-state index in [1.807, 2.05) is 6.92 Å². The molecule has 124 valence electrons. The van der Waals surface area contributed by atoms with Gasteiger partial charge in [-0.05, 0) is 37.7 Å². The molecule has 0 radical (unpaired) electrons. The van der Waals surface area contributed by atoms with Gasteiger partial charge in [0.15, 0.2) is 0 Å². The Balaban J connectivity index is 2.13. The zero-order chi connectivity index (χ0) is 17.6. The van der Waals surface area contributed by atoms with Crippen LogP contribution in [0.25, 0.3) is 10.2 Å². The summed E-state index contributed by atoms with van der Waals surface area (Å²) in [4.78, 5) is 40.3. The van der Waals surface area contributed by atoms with Crippen molar-refractivity contribution >= 4 is 57.0 Å². The van der Waals surface area contributed by atoms with Gasteiger partial charge in [0, 0.05) is 10.3 Å². The molecule has 24 heavy (non-hydrogen) atoms. The number of hydrogen-bond acceptors (Lipinski definition) is 6. The van der Waals surface area contributed by atoms with E-state index in [4.69, 9.17) is 12.2 Å². The van der Waals surface area contributed by atoms with E-state index >= 15 is 0 Å². The first-order chi connectivity index (χ1) is 11.3. The number of hydrogen-bond donors (Lipinski definition) is 3. The van der Waals surface area contributed by atoms with Crippen molar-refractivity contribution in [1.29, 1.82) is 0 Å². The second-order valence-corrected chi connectivity index (χ2v) is 7.55. The molecule has 0 aliphatic heterocycles. The average Bonchev–Trinajstić information content (AvgIpc) is 3.07. The summed E-state index contributed by atoms with van der Waals surface area (Å²) in [5.41, 5.74) is 2.66. The summed E-state index contributed by atoms with van der Waals surface area (Å²) in [6, 6.07) is 1.70. The van der Waals surface area contributed by atoms with Crippen molar-refractivity contribution < 1.29 is 14.7 Å². The first-order valence-corrected chi connectivity index (χ1v) is 8.78. The molecule has 3 N–H and O–H groups in total. The molecule has 0 fully saturated rings. The third-order valence-corrected chi connectivity index (χ3v) is 5.73. The molecular formula is C14H11N3O4S3. The highest BCUT2D eigenvalue weighted by molar-refractivity contribution is 7.71. The number of carbonyl (C=O) groups is 2. The van der Waals surface area contributed by atoms with Gasteiger partial charge in [0.05, 0.1) is 10.9 Å². The van der Waals surface area contributed by atoms with Crippen LogP contribution in [-0.4, -0.2) is 26.6 Å². The topological polar surface area (TPSA) is 104 Å². The summed E-state index contributed by atoms with van der Waals surface area (Å²) in [5.74, 6) is -1.58. The van der Waals surface area contributed by atoms with E-state index in [1.54, 1.807) is 18.4 Å². The predicted octanol–water partition coefficient (Wildman–Crippen LogP) is 2.88. The van der Waals surface area contributed by atoms with E-state index < -0.39 is 17.4 Å². The van der Waals surface area contributed by atoms with Gasteiger partial charge < -0.3 is 10.1 Å². The van der Waals surface area contributed by atoms with Gasteiger partial charge in [-0.15, -0.1) is 22.7 Å². The van der Waals surface area contributed by atoms with Gasteiger partial charge in [0.25, 0.3) is 11.5 Å². The van der Waals surface area contributed by atoms with Crippen LogP contribution in [0, 0.1) is 18.6 Å². The molecular weight excluding hydrogens is 370 g/mol. The van der Waals surface area contributed by atoms with E-state index in [2.05, 4.69) is 10.4 Å². The minimum atomic E-state index is -1.11. The maximum absolute atomic E-state index is 12.7. The number of aromatic carboxylic acids is 1. The fourth-order valence-corrected chi connectivity index (χ4v) is 4.27. The van der Waals surface area contributed by atoms with Crippen LogP contribution >= 0.6 is 34.9 Å². The first-order valence-electron chi connectivity index (χ1n) is 6.68. The van der Waals surface area contributed by atoms with Crippen molar-refractivity contribution in [3.05, 3.63) is 47.5 Å². The van der Waals surface area contributed by atoms with Crippen LogP contribution in [-0.2, 0) is 0 Å². The molecule has 3 rings (SSSR count). The Labute approximate surface area is 148 Å². The third-order valence-electron chi connectivity index (χ3n) is 3.39. The van der Waals surface area contributed by atoms with E-state index in [1.165, 1.54) is 11.3 Å². The SMILES string of the molecule is Cc1cc(C(=O)Nn2c(=S)[nH]c3sc(C(=O)O)c(C)c3c2=O)cs1.